The Bertz CT molecular complexity index is 670. The van der Waals surface area contributed by atoms with Crippen LogP contribution in [0.15, 0.2) is 59.3 Å². The van der Waals surface area contributed by atoms with Gasteiger partial charge in [0.05, 0.1) is 0 Å². The molecular formula is C15H13N3OS. The Kier molecular flexibility index (Phi) is 3.43. The molecule has 1 amide bonds. The lowest BCUT2D eigenvalue weighted by atomic mass is 10.2. The SMILES string of the molecule is CN1Sc2ccccc2C=C1C(=O)Nc1ccccn1. The van der Waals surface area contributed by atoms with E-state index in [0.717, 1.165) is 10.5 Å². The maximum absolute atomic E-state index is 12.3. The molecule has 1 aliphatic rings. The molecule has 0 saturated heterocycles. The number of hydrogen-bond acceptors (Lipinski definition) is 4. The fourth-order valence-corrected chi connectivity index (χ4v) is 2.84. The van der Waals surface area contributed by atoms with Gasteiger partial charge in [0.2, 0.25) is 0 Å². The minimum Gasteiger partial charge on any atom is -0.310 e. The number of likely N-dealkylation sites (N-methyl/N-ethyl adjacent to an activating group) is 1. The first-order chi connectivity index (χ1) is 9.74. The van der Waals surface area contributed by atoms with Crippen molar-refractivity contribution in [3.8, 4) is 0 Å². The molecule has 3 rings (SSSR count). The zero-order valence-electron chi connectivity index (χ0n) is 10.9. The molecule has 1 aromatic carbocycles. The molecule has 0 spiro atoms. The molecule has 0 fully saturated rings. The van der Waals surface area contributed by atoms with Gasteiger partial charge in [-0.15, -0.1) is 0 Å². The second-order valence-corrected chi connectivity index (χ2v) is 5.50. The summed E-state index contributed by atoms with van der Waals surface area (Å²) in [6, 6.07) is 13.4. The predicted molar refractivity (Wildman–Crippen MR) is 80.9 cm³/mol. The van der Waals surface area contributed by atoms with Crippen LogP contribution in [0.2, 0.25) is 0 Å². The van der Waals surface area contributed by atoms with Gasteiger partial charge >= 0.3 is 0 Å². The van der Waals surface area contributed by atoms with Gasteiger partial charge in [-0.25, -0.2) is 4.98 Å². The number of pyridine rings is 1. The highest BCUT2D eigenvalue weighted by Crippen LogP contribution is 2.34. The maximum atomic E-state index is 12.3. The lowest BCUT2D eigenvalue weighted by molar-refractivity contribution is -0.113. The van der Waals surface area contributed by atoms with Crippen LogP contribution in [-0.2, 0) is 4.79 Å². The largest absolute Gasteiger partial charge is 0.310 e. The Balaban J connectivity index is 1.86. The molecule has 2 aromatic rings. The van der Waals surface area contributed by atoms with E-state index in [-0.39, 0.29) is 5.91 Å². The number of carbonyl (C=O) groups excluding carboxylic acids is 1. The number of benzene rings is 1. The average molecular weight is 283 g/mol. The zero-order chi connectivity index (χ0) is 13.9. The molecule has 0 saturated carbocycles. The minimum atomic E-state index is -0.159. The van der Waals surface area contributed by atoms with Crippen LogP contribution in [0.25, 0.3) is 6.08 Å². The normalized spacial score (nSPS) is 13.4. The molecule has 5 heteroatoms. The van der Waals surface area contributed by atoms with Gasteiger partial charge in [0.25, 0.3) is 5.91 Å². The summed E-state index contributed by atoms with van der Waals surface area (Å²) < 4.78 is 1.86. The fourth-order valence-electron chi connectivity index (χ4n) is 1.94. The number of fused-ring (bicyclic) bond motifs is 1. The van der Waals surface area contributed by atoms with Crippen LogP contribution in [-0.4, -0.2) is 22.2 Å². The molecule has 0 aliphatic carbocycles. The van der Waals surface area contributed by atoms with Crippen molar-refractivity contribution in [1.29, 1.82) is 0 Å². The van der Waals surface area contributed by atoms with Crippen LogP contribution in [0.1, 0.15) is 5.56 Å². The molecule has 0 bridgehead atoms. The van der Waals surface area contributed by atoms with Crippen molar-refractivity contribution < 1.29 is 4.79 Å². The molecule has 1 aromatic heterocycles. The second kappa shape index (κ2) is 5.38. The van der Waals surface area contributed by atoms with Crippen molar-refractivity contribution in [1.82, 2.24) is 9.29 Å². The van der Waals surface area contributed by atoms with E-state index in [1.807, 2.05) is 53.8 Å². The number of aromatic nitrogens is 1. The Hall–Kier alpha value is -2.27. The summed E-state index contributed by atoms with van der Waals surface area (Å²) >= 11 is 1.54. The Labute approximate surface area is 121 Å². The van der Waals surface area contributed by atoms with Gasteiger partial charge in [0.1, 0.15) is 11.5 Å². The highest BCUT2D eigenvalue weighted by molar-refractivity contribution is 7.97. The van der Waals surface area contributed by atoms with E-state index in [2.05, 4.69) is 10.3 Å². The summed E-state index contributed by atoms with van der Waals surface area (Å²) in [6.45, 7) is 0. The van der Waals surface area contributed by atoms with Crippen molar-refractivity contribution in [3.05, 3.63) is 59.9 Å². The smallest absolute Gasteiger partial charge is 0.273 e. The lowest BCUT2D eigenvalue weighted by Gasteiger charge is -2.25. The number of anilines is 1. The van der Waals surface area contributed by atoms with E-state index in [9.17, 15) is 4.79 Å². The van der Waals surface area contributed by atoms with E-state index in [1.165, 1.54) is 0 Å². The van der Waals surface area contributed by atoms with E-state index in [4.69, 9.17) is 0 Å². The Morgan fingerprint density at radius 2 is 2.00 bits per heavy atom. The fraction of sp³-hybridized carbons (Fsp3) is 0.0667. The minimum absolute atomic E-state index is 0.159. The summed E-state index contributed by atoms with van der Waals surface area (Å²) in [4.78, 5) is 17.6. The topological polar surface area (TPSA) is 45.2 Å². The monoisotopic (exact) mass is 283 g/mol. The van der Waals surface area contributed by atoms with Crippen molar-refractivity contribution in [3.63, 3.8) is 0 Å². The van der Waals surface area contributed by atoms with Crippen LogP contribution in [0.3, 0.4) is 0 Å². The van der Waals surface area contributed by atoms with Gasteiger partial charge in [-0.05, 0) is 41.8 Å². The van der Waals surface area contributed by atoms with Crippen molar-refractivity contribution in [2.45, 2.75) is 4.90 Å². The number of carbonyl (C=O) groups is 1. The van der Waals surface area contributed by atoms with Crippen molar-refractivity contribution in [2.24, 2.45) is 0 Å². The van der Waals surface area contributed by atoms with E-state index < -0.39 is 0 Å². The number of rotatable bonds is 2. The Morgan fingerprint density at radius 1 is 1.20 bits per heavy atom. The third kappa shape index (κ3) is 2.53. The van der Waals surface area contributed by atoms with Crippen LogP contribution in [0, 0.1) is 0 Å². The number of hydrogen-bond donors (Lipinski definition) is 1. The zero-order valence-corrected chi connectivity index (χ0v) is 11.7. The highest BCUT2D eigenvalue weighted by Gasteiger charge is 2.21. The molecule has 0 atom stereocenters. The molecule has 0 unspecified atom stereocenters. The molecule has 0 radical (unpaired) electrons. The van der Waals surface area contributed by atoms with Gasteiger partial charge < -0.3 is 9.62 Å². The van der Waals surface area contributed by atoms with Crippen molar-refractivity contribution in [2.75, 3.05) is 12.4 Å². The standard InChI is InChI=1S/C15H13N3OS/c1-18-12(10-11-6-2-3-7-13(11)20-18)15(19)17-14-8-4-5-9-16-14/h2-10H,1H3,(H,16,17,19). The van der Waals surface area contributed by atoms with E-state index in [1.54, 1.807) is 24.2 Å². The predicted octanol–water partition coefficient (Wildman–Crippen LogP) is 3.01. The molecule has 2 heterocycles. The van der Waals surface area contributed by atoms with Gasteiger partial charge in [-0.3, -0.25) is 4.79 Å². The summed E-state index contributed by atoms with van der Waals surface area (Å²) in [5.41, 5.74) is 1.67. The van der Waals surface area contributed by atoms with Gasteiger partial charge in [-0.2, -0.15) is 0 Å². The van der Waals surface area contributed by atoms with E-state index >= 15 is 0 Å². The summed E-state index contributed by atoms with van der Waals surface area (Å²) in [7, 11) is 1.88. The van der Waals surface area contributed by atoms with Gasteiger partial charge in [0.15, 0.2) is 0 Å². The van der Waals surface area contributed by atoms with Crippen LogP contribution >= 0.6 is 11.9 Å². The van der Waals surface area contributed by atoms with Gasteiger partial charge in [-0.1, -0.05) is 24.3 Å². The molecule has 100 valence electrons. The third-order valence-electron chi connectivity index (χ3n) is 2.92. The lowest BCUT2D eigenvalue weighted by Crippen LogP contribution is -2.25. The number of nitrogens with zero attached hydrogens (tertiary/aromatic N) is 2. The molecular weight excluding hydrogens is 270 g/mol. The summed E-state index contributed by atoms with van der Waals surface area (Å²) in [6.07, 6.45) is 3.54. The second-order valence-electron chi connectivity index (χ2n) is 4.33. The molecule has 20 heavy (non-hydrogen) atoms. The Morgan fingerprint density at radius 3 is 2.80 bits per heavy atom. The van der Waals surface area contributed by atoms with Crippen LogP contribution in [0.4, 0.5) is 5.82 Å². The summed E-state index contributed by atoms with van der Waals surface area (Å²) in [5, 5.41) is 2.80. The quantitative estimate of drug-likeness (QED) is 0.861. The highest BCUT2D eigenvalue weighted by atomic mass is 32.2. The molecule has 1 aliphatic heterocycles. The maximum Gasteiger partial charge on any atom is 0.273 e. The van der Waals surface area contributed by atoms with Gasteiger partial charge in [0, 0.05) is 18.1 Å². The van der Waals surface area contributed by atoms with Crippen LogP contribution in [0.5, 0.6) is 0 Å². The third-order valence-corrected chi connectivity index (χ3v) is 3.96. The van der Waals surface area contributed by atoms with Crippen LogP contribution < -0.4 is 5.32 Å². The number of amides is 1. The average Bonchev–Trinajstić information content (AvgIpc) is 2.47. The first kappa shape index (κ1) is 12.7. The first-order valence-electron chi connectivity index (χ1n) is 6.19. The van der Waals surface area contributed by atoms with Crippen molar-refractivity contribution >= 4 is 29.7 Å². The van der Waals surface area contributed by atoms with E-state index in [0.29, 0.717) is 11.5 Å². The number of nitrogens with one attached hydrogen (secondary N) is 1. The first-order valence-corrected chi connectivity index (χ1v) is 6.96. The molecule has 1 N–H and O–H groups in total. The molecule has 4 nitrogen and oxygen atoms in total. The summed E-state index contributed by atoms with van der Waals surface area (Å²) in [5.74, 6) is 0.392.